The third-order valence-electron chi connectivity index (χ3n) is 4.70. The summed E-state index contributed by atoms with van der Waals surface area (Å²) < 4.78 is 14.7. The highest BCUT2D eigenvalue weighted by molar-refractivity contribution is 5.98. The molecule has 1 aliphatic heterocycles. The van der Waals surface area contributed by atoms with E-state index in [1.165, 1.54) is 32.4 Å². The molecule has 1 amide bonds. The second-order valence-electron chi connectivity index (χ2n) is 6.67. The first-order valence-electron chi connectivity index (χ1n) is 9.37. The fourth-order valence-electron chi connectivity index (χ4n) is 3.15. The Morgan fingerprint density at radius 2 is 1.40 bits per heavy atom. The Morgan fingerprint density at radius 3 is 1.93 bits per heavy atom. The van der Waals surface area contributed by atoms with Crippen LogP contribution in [0, 0.1) is 0 Å². The van der Waals surface area contributed by atoms with Gasteiger partial charge in [0.05, 0.1) is 30.9 Å². The second-order valence-corrected chi connectivity index (χ2v) is 6.67. The van der Waals surface area contributed by atoms with Gasteiger partial charge in [-0.3, -0.25) is 4.79 Å². The third-order valence-corrected chi connectivity index (χ3v) is 4.70. The van der Waals surface area contributed by atoms with Crippen molar-refractivity contribution in [3.63, 3.8) is 0 Å². The molecule has 0 atom stereocenters. The van der Waals surface area contributed by atoms with Crippen LogP contribution in [0.3, 0.4) is 0 Å². The molecule has 2 aromatic carbocycles. The molecular weight excluding hydrogens is 390 g/mol. The topological polar surface area (TPSA) is 99.2 Å². The predicted molar refractivity (Wildman–Crippen MR) is 107 cm³/mol. The number of esters is 3. The van der Waals surface area contributed by atoms with Gasteiger partial charge in [0.2, 0.25) is 5.91 Å². The molecule has 156 valence electrons. The number of nitrogens with zero attached hydrogens (tertiary/aromatic N) is 1. The van der Waals surface area contributed by atoms with E-state index in [0.29, 0.717) is 13.0 Å². The molecule has 8 nitrogen and oxygen atoms in total. The summed E-state index contributed by atoms with van der Waals surface area (Å²) in [7, 11) is 2.40. The fraction of sp³-hybridized carbons (Fsp3) is 0.273. The Kier molecular flexibility index (Phi) is 6.46. The highest BCUT2D eigenvalue weighted by Gasteiger charge is 2.20. The summed E-state index contributed by atoms with van der Waals surface area (Å²) in [5, 5.41) is 0. The summed E-state index contributed by atoms with van der Waals surface area (Å²) in [4.78, 5) is 50.0. The summed E-state index contributed by atoms with van der Waals surface area (Å²) in [5.41, 5.74) is 1.06. The van der Waals surface area contributed by atoms with Gasteiger partial charge >= 0.3 is 17.9 Å². The van der Waals surface area contributed by atoms with Gasteiger partial charge in [-0.15, -0.1) is 0 Å². The highest BCUT2D eigenvalue weighted by Crippen LogP contribution is 2.23. The number of carbonyl (C=O) groups is 4. The number of ether oxygens (including phenoxy) is 3. The maximum Gasteiger partial charge on any atom is 0.343 e. The molecule has 0 spiro atoms. The molecule has 0 N–H and O–H groups in total. The van der Waals surface area contributed by atoms with Crippen molar-refractivity contribution in [2.75, 3.05) is 25.7 Å². The van der Waals surface area contributed by atoms with Crippen molar-refractivity contribution in [1.29, 1.82) is 0 Å². The van der Waals surface area contributed by atoms with E-state index in [-0.39, 0.29) is 28.3 Å². The number of piperidine rings is 1. The van der Waals surface area contributed by atoms with E-state index in [0.717, 1.165) is 18.5 Å². The largest absolute Gasteiger partial charge is 0.465 e. The van der Waals surface area contributed by atoms with Crippen molar-refractivity contribution in [3.05, 3.63) is 59.2 Å². The third kappa shape index (κ3) is 4.65. The second kappa shape index (κ2) is 9.21. The zero-order chi connectivity index (χ0) is 21.7. The van der Waals surface area contributed by atoms with Crippen LogP contribution in [0.15, 0.2) is 42.5 Å². The maximum absolute atomic E-state index is 12.5. The van der Waals surface area contributed by atoms with Crippen LogP contribution < -0.4 is 9.64 Å². The van der Waals surface area contributed by atoms with Crippen LogP contribution in [-0.4, -0.2) is 44.6 Å². The minimum atomic E-state index is -0.686. The summed E-state index contributed by atoms with van der Waals surface area (Å²) in [6, 6.07) is 10.4. The fourth-order valence-corrected chi connectivity index (χ4v) is 3.15. The van der Waals surface area contributed by atoms with Crippen molar-refractivity contribution >= 4 is 29.5 Å². The number of carbonyl (C=O) groups excluding carboxylic acids is 4. The first kappa shape index (κ1) is 21.0. The van der Waals surface area contributed by atoms with Crippen LogP contribution in [0.5, 0.6) is 5.75 Å². The molecule has 30 heavy (non-hydrogen) atoms. The van der Waals surface area contributed by atoms with Gasteiger partial charge in [-0.25, -0.2) is 14.4 Å². The van der Waals surface area contributed by atoms with Gasteiger partial charge in [-0.05, 0) is 55.3 Å². The lowest BCUT2D eigenvalue weighted by Crippen LogP contribution is -2.35. The van der Waals surface area contributed by atoms with Gasteiger partial charge in [0.15, 0.2) is 0 Å². The lowest BCUT2D eigenvalue weighted by atomic mass is 10.1. The molecule has 1 saturated heterocycles. The van der Waals surface area contributed by atoms with Gasteiger partial charge in [-0.1, -0.05) is 0 Å². The highest BCUT2D eigenvalue weighted by atomic mass is 16.5. The van der Waals surface area contributed by atoms with E-state index in [4.69, 9.17) is 4.74 Å². The quantitative estimate of drug-likeness (QED) is 0.551. The Bertz CT molecular complexity index is 947. The molecule has 3 rings (SSSR count). The molecule has 0 bridgehead atoms. The molecule has 1 fully saturated rings. The molecule has 1 heterocycles. The van der Waals surface area contributed by atoms with E-state index in [1.54, 1.807) is 29.2 Å². The number of anilines is 1. The summed E-state index contributed by atoms with van der Waals surface area (Å²) in [6.45, 7) is 0.652. The Labute approximate surface area is 173 Å². The number of hydrogen-bond donors (Lipinski definition) is 0. The predicted octanol–water partition coefficient (Wildman–Crippen LogP) is 3.00. The molecular formula is C22H21NO7. The average molecular weight is 411 g/mol. The van der Waals surface area contributed by atoms with Crippen LogP contribution in [0.4, 0.5) is 5.69 Å². The molecule has 0 radical (unpaired) electrons. The molecule has 8 heteroatoms. The van der Waals surface area contributed by atoms with E-state index in [1.807, 2.05) is 0 Å². The van der Waals surface area contributed by atoms with Crippen LogP contribution >= 0.6 is 0 Å². The van der Waals surface area contributed by atoms with Gasteiger partial charge in [0, 0.05) is 18.7 Å². The smallest absolute Gasteiger partial charge is 0.343 e. The molecule has 0 aliphatic carbocycles. The summed E-state index contributed by atoms with van der Waals surface area (Å²) in [5.74, 6) is -1.99. The van der Waals surface area contributed by atoms with Crippen LogP contribution in [0.25, 0.3) is 0 Å². The van der Waals surface area contributed by atoms with Crippen LogP contribution in [0.2, 0.25) is 0 Å². The molecule has 0 unspecified atom stereocenters. The van der Waals surface area contributed by atoms with Gasteiger partial charge in [0.25, 0.3) is 0 Å². The van der Waals surface area contributed by atoms with Crippen molar-refractivity contribution in [2.45, 2.75) is 19.3 Å². The Hall–Kier alpha value is -3.68. The number of rotatable bonds is 5. The zero-order valence-corrected chi connectivity index (χ0v) is 16.7. The maximum atomic E-state index is 12.5. The summed E-state index contributed by atoms with van der Waals surface area (Å²) in [6.07, 6.45) is 2.34. The normalized spacial score (nSPS) is 13.5. The Balaban J connectivity index is 1.80. The molecule has 0 aromatic heterocycles. The number of hydrogen-bond acceptors (Lipinski definition) is 7. The first-order chi connectivity index (χ1) is 14.4. The van der Waals surface area contributed by atoms with Crippen molar-refractivity contribution < 1.29 is 33.4 Å². The van der Waals surface area contributed by atoms with Crippen LogP contribution in [-0.2, 0) is 14.3 Å². The standard InChI is InChI=1S/C22H21NO7/c1-28-20(25)15-11-16(21(26)29-2)13-18(12-15)30-22(27)14-6-8-17(9-7-14)23-10-4-3-5-19(23)24/h6-9,11-13H,3-5,10H2,1-2H3. The first-order valence-corrected chi connectivity index (χ1v) is 9.37. The molecule has 0 saturated carbocycles. The SMILES string of the molecule is COC(=O)c1cc(OC(=O)c2ccc(N3CCCCC3=O)cc2)cc(C(=O)OC)c1. The van der Waals surface area contributed by atoms with Crippen molar-refractivity contribution in [3.8, 4) is 5.75 Å². The van der Waals surface area contributed by atoms with Crippen molar-refractivity contribution in [2.24, 2.45) is 0 Å². The monoisotopic (exact) mass is 411 g/mol. The van der Waals surface area contributed by atoms with E-state index in [2.05, 4.69) is 9.47 Å². The minimum Gasteiger partial charge on any atom is -0.465 e. The zero-order valence-electron chi connectivity index (χ0n) is 16.7. The Morgan fingerprint density at radius 1 is 0.800 bits per heavy atom. The van der Waals surface area contributed by atoms with Gasteiger partial charge < -0.3 is 19.1 Å². The number of benzene rings is 2. The van der Waals surface area contributed by atoms with Crippen molar-refractivity contribution in [1.82, 2.24) is 0 Å². The number of amides is 1. The molecule has 2 aromatic rings. The van der Waals surface area contributed by atoms with E-state index < -0.39 is 17.9 Å². The summed E-state index contributed by atoms with van der Waals surface area (Å²) >= 11 is 0. The lowest BCUT2D eigenvalue weighted by molar-refractivity contribution is -0.119. The number of methoxy groups -OCH3 is 2. The van der Waals surface area contributed by atoms with Crippen LogP contribution in [0.1, 0.15) is 50.3 Å². The molecule has 1 aliphatic rings. The van der Waals surface area contributed by atoms with Gasteiger partial charge in [0.1, 0.15) is 5.75 Å². The minimum absolute atomic E-state index is 0.00131. The van der Waals surface area contributed by atoms with Gasteiger partial charge in [-0.2, -0.15) is 0 Å². The lowest BCUT2D eigenvalue weighted by Gasteiger charge is -2.26. The average Bonchev–Trinajstić information content (AvgIpc) is 2.78. The van der Waals surface area contributed by atoms with E-state index in [9.17, 15) is 19.2 Å². The van der Waals surface area contributed by atoms with E-state index >= 15 is 0 Å².